The van der Waals surface area contributed by atoms with Crippen LogP contribution in [0.1, 0.15) is 55.5 Å². The average molecular weight is 413 g/mol. The van der Waals surface area contributed by atoms with Crippen LogP contribution in [0.4, 0.5) is 5.69 Å². The Bertz CT molecular complexity index is 1120. The average Bonchev–Trinajstić information content (AvgIpc) is 2.76. The SMILES string of the molecule is Cc1ccc(-c2cc3c(cc2C(C)N=O)N(Cc2ccccc2)C(=O)CC3(C)C)cc1. The Balaban J connectivity index is 1.91. The van der Waals surface area contributed by atoms with Gasteiger partial charge in [-0.1, -0.05) is 79.2 Å². The van der Waals surface area contributed by atoms with Crippen LogP contribution < -0.4 is 4.90 Å². The fraction of sp³-hybridized carbons (Fsp3) is 0.296. The van der Waals surface area contributed by atoms with E-state index in [4.69, 9.17) is 0 Å². The van der Waals surface area contributed by atoms with Gasteiger partial charge in [-0.05, 0) is 53.8 Å². The minimum Gasteiger partial charge on any atom is -0.308 e. The maximum Gasteiger partial charge on any atom is 0.228 e. The molecule has 4 nitrogen and oxygen atoms in total. The number of carbonyl (C=O) groups is 1. The number of aryl methyl sites for hydroxylation is 1. The van der Waals surface area contributed by atoms with E-state index in [2.05, 4.69) is 56.3 Å². The van der Waals surface area contributed by atoms with Gasteiger partial charge in [0.25, 0.3) is 0 Å². The van der Waals surface area contributed by atoms with Crippen LogP contribution in [-0.2, 0) is 16.8 Å². The van der Waals surface area contributed by atoms with E-state index < -0.39 is 6.04 Å². The lowest BCUT2D eigenvalue weighted by Crippen LogP contribution is -2.41. The summed E-state index contributed by atoms with van der Waals surface area (Å²) in [6.07, 6.45) is 0.445. The molecule has 1 unspecified atom stereocenters. The van der Waals surface area contributed by atoms with Crippen molar-refractivity contribution in [1.29, 1.82) is 0 Å². The number of hydrogen-bond donors (Lipinski definition) is 0. The summed E-state index contributed by atoms with van der Waals surface area (Å²) in [4.78, 5) is 26.6. The summed E-state index contributed by atoms with van der Waals surface area (Å²) in [5, 5.41) is 3.32. The van der Waals surface area contributed by atoms with Crippen molar-refractivity contribution in [2.24, 2.45) is 5.18 Å². The molecule has 0 saturated heterocycles. The molecule has 158 valence electrons. The van der Waals surface area contributed by atoms with Crippen molar-refractivity contribution >= 4 is 11.6 Å². The first-order valence-corrected chi connectivity index (χ1v) is 10.7. The summed E-state index contributed by atoms with van der Waals surface area (Å²) in [5.41, 5.74) is 6.88. The number of rotatable bonds is 5. The van der Waals surface area contributed by atoms with Gasteiger partial charge in [-0.25, -0.2) is 0 Å². The first-order valence-electron chi connectivity index (χ1n) is 10.7. The van der Waals surface area contributed by atoms with Crippen LogP contribution in [0.5, 0.6) is 0 Å². The second-order valence-electron chi connectivity index (χ2n) is 9.13. The first kappa shape index (κ1) is 21.0. The molecule has 31 heavy (non-hydrogen) atoms. The summed E-state index contributed by atoms with van der Waals surface area (Å²) < 4.78 is 0. The van der Waals surface area contributed by atoms with Gasteiger partial charge < -0.3 is 4.90 Å². The normalized spacial score (nSPS) is 16.0. The molecule has 4 heteroatoms. The van der Waals surface area contributed by atoms with Crippen LogP contribution in [0.2, 0.25) is 0 Å². The zero-order valence-electron chi connectivity index (χ0n) is 18.6. The summed E-state index contributed by atoms with van der Waals surface area (Å²) in [5.74, 6) is 0.0992. The zero-order valence-corrected chi connectivity index (χ0v) is 18.6. The standard InChI is InChI=1S/C27H28N2O2/c1-18-10-12-21(13-11-18)23-14-24-25(15-22(23)19(2)28-31)29(26(30)16-27(24,3)4)17-20-8-6-5-7-9-20/h5-15,19H,16-17H2,1-4H3. The third-order valence-corrected chi connectivity index (χ3v) is 6.24. The quantitative estimate of drug-likeness (QED) is 0.438. The van der Waals surface area contributed by atoms with Crippen molar-refractivity contribution < 1.29 is 4.79 Å². The fourth-order valence-electron chi connectivity index (χ4n) is 4.40. The smallest absolute Gasteiger partial charge is 0.228 e. The molecule has 1 amide bonds. The van der Waals surface area contributed by atoms with Gasteiger partial charge in [0.1, 0.15) is 6.04 Å². The van der Waals surface area contributed by atoms with Crippen LogP contribution in [0, 0.1) is 11.8 Å². The lowest BCUT2D eigenvalue weighted by Gasteiger charge is -2.39. The molecule has 1 atom stereocenters. The number of carbonyl (C=O) groups excluding carboxylic acids is 1. The van der Waals surface area contributed by atoms with Gasteiger partial charge >= 0.3 is 0 Å². The highest BCUT2D eigenvalue weighted by molar-refractivity contribution is 5.98. The Labute approximate surface area is 183 Å². The number of anilines is 1. The Morgan fingerprint density at radius 3 is 2.35 bits per heavy atom. The zero-order chi connectivity index (χ0) is 22.2. The lowest BCUT2D eigenvalue weighted by atomic mass is 9.75. The van der Waals surface area contributed by atoms with Crippen LogP contribution in [-0.4, -0.2) is 5.91 Å². The van der Waals surface area contributed by atoms with Gasteiger partial charge in [-0.2, -0.15) is 4.91 Å². The Morgan fingerprint density at radius 2 is 1.71 bits per heavy atom. The number of amides is 1. The number of hydrogen-bond acceptors (Lipinski definition) is 3. The highest BCUT2D eigenvalue weighted by atomic mass is 16.3. The third-order valence-electron chi connectivity index (χ3n) is 6.24. The first-order chi connectivity index (χ1) is 14.8. The second kappa shape index (κ2) is 8.10. The molecule has 3 aromatic carbocycles. The third kappa shape index (κ3) is 4.02. The van der Waals surface area contributed by atoms with E-state index in [0.717, 1.165) is 33.5 Å². The van der Waals surface area contributed by atoms with Crippen molar-refractivity contribution in [1.82, 2.24) is 0 Å². The number of nitroso groups, excluding NO2 is 1. The molecule has 1 aliphatic rings. The molecular weight excluding hydrogens is 384 g/mol. The molecule has 0 saturated carbocycles. The van der Waals surface area contributed by atoms with Crippen molar-refractivity contribution in [3.05, 3.63) is 93.9 Å². The van der Waals surface area contributed by atoms with Gasteiger partial charge in [0.2, 0.25) is 5.91 Å². The van der Waals surface area contributed by atoms with Gasteiger partial charge in [0, 0.05) is 17.5 Å². The Morgan fingerprint density at radius 1 is 1.03 bits per heavy atom. The van der Waals surface area contributed by atoms with Crippen molar-refractivity contribution in [3.8, 4) is 11.1 Å². The minimum absolute atomic E-state index is 0.0992. The molecule has 0 aromatic heterocycles. The predicted molar refractivity (Wildman–Crippen MR) is 126 cm³/mol. The largest absolute Gasteiger partial charge is 0.308 e. The summed E-state index contributed by atoms with van der Waals surface area (Å²) >= 11 is 0. The van der Waals surface area contributed by atoms with Crippen molar-refractivity contribution in [2.75, 3.05) is 4.90 Å². The van der Waals surface area contributed by atoms with Crippen LogP contribution in [0.3, 0.4) is 0 Å². The molecule has 0 bridgehead atoms. The molecule has 1 aliphatic heterocycles. The molecular formula is C27H28N2O2. The number of fused-ring (bicyclic) bond motifs is 1. The van der Waals surface area contributed by atoms with Gasteiger partial charge in [-0.15, -0.1) is 0 Å². The Kier molecular flexibility index (Phi) is 5.48. The lowest BCUT2D eigenvalue weighted by molar-refractivity contribution is -0.120. The van der Waals surface area contributed by atoms with E-state index in [1.165, 1.54) is 5.56 Å². The van der Waals surface area contributed by atoms with E-state index in [0.29, 0.717) is 13.0 Å². The number of benzene rings is 3. The molecule has 0 spiro atoms. The highest BCUT2D eigenvalue weighted by Crippen LogP contribution is 2.45. The Hall–Kier alpha value is -3.27. The predicted octanol–water partition coefficient (Wildman–Crippen LogP) is 6.70. The molecule has 0 N–H and O–H groups in total. The molecule has 0 radical (unpaired) electrons. The van der Waals surface area contributed by atoms with Crippen LogP contribution in [0.15, 0.2) is 71.9 Å². The van der Waals surface area contributed by atoms with E-state index >= 15 is 0 Å². The summed E-state index contributed by atoms with van der Waals surface area (Å²) in [6.45, 7) is 8.61. The van der Waals surface area contributed by atoms with E-state index in [-0.39, 0.29) is 11.3 Å². The summed E-state index contributed by atoms with van der Waals surface area (Å²) in [7, 11) is 0. The van der Waals surface area contributed by atoms with Crippen LogP contribution in [0.25, 0.3) is 11.1 Å². The van der Waals surface area contributed by atoms with Gasteiger partial charge in [0.15, 0.2) is 0 Å². The van der Waals surface area contributed by atoms with Crippen molar-refractivity contribution in [3.63, 3.8) is 0 Å². The molecule has 1 heterocycles. The monoisotopic (exact) mass is 412 g/mol. The van der Waals surface area contributed by atoms with E-state index in [9.17, 15) is 9.70 Å². The van der Waals surface area contributed by atoms with E-state index in [1.54, 1.807) is 0 Å². The maximum atomic E-state index is 13.2. The molecule has 3 aromatic rings. The molecule has 0 aliphatic carbocycles. The molecule has 4 rings (SSSR count). The van der Waals surface area contributed by atoms with Crippen LogP contribution >= 0.6 is 0 Å². The highest BCUT2D eigenvalue weighted by Gasteiger charge is 2.38. The maximum absolute atomic E-state index is 13.2. The van der Waals surface area contributed by atoms with Crippen molar-refractivity contribution in [2.45, 2.75) is 52.1 Å². The second-order valence-corrected chi connectivity index (χ2v) is 9.13. The fourth-order valence-corrected chi connectivity index (χ4v) is 4.40. The van der Waals surface area contributed by atoms with Gasteiger partial charge in [0.05, 0.1) is 6.54 Å². The number of nitrogens with zero attached hydrogens (tertiary/aromatic N) is 2. The van der Waals surface area contributed by atoms with E-state index in [1.807, 2.05) is 48.2 Å². The topological polar surface area (TPSA) is 49.7 Å². The molecule has 0 fully saturated rings. The van der Waals surface area contributed by atoms with Gasteiger partial charge in [-0.3, -0.25) is 4.79 Å². The summed E-state index contributed by atoms with van der Waals surface area (Å²) in [6, 6.07) is 22.0. The minimum atomic E-state index is -0.514.